The highest BCUT2D eigenvalue weighted by Gasteiger charge is 2.76. The molecule has 17 unspecified atom stereocenters. The van der Waals surface area contributed by atoms with E-state index in [1.165, 1.54) is 19.3 Å². The van der Waals surface area contributed by atoms with Crippen molar-refractivity contribution in [1.82, 2.24) is 10.6 Å². The summed E-state index contributed by atoms with van der Waals surface area (Å²) in [5.41, 5.74) is 3.36. The number of carbonyl (C=O) groups is 1. The van der Waals surface area contributed by atoms with Crippen molar-refractivity contribution < 1.29 is 40.2 Å². The molecular weight excluding hydrogens is 759 g/mol. The summed E-state index contributed by atoms with van der Waals surface area (Å²) in [6.45, 7) is 8.51. The van der Waals surface area contributed by atoms with E-state index < -0.39 is 64.4 Å². The Bertz CT molecular complexity index is 1700. The van der Waals surface area contributed by atoms with Crippen LogP contribution in [0.25, 0.3) is 0 Å². The number of nitrogens with one attached hydrogen (secondary N) is 2. The van der Waals surface area contributed by atoms with Crippen LogP contribution in [0.5, 0.6) is 0 Å². The van der Waals surface area contributed by atoms with Crippen LogP contribution in [0.15, 0.2) is 47.3 Å². The van der Waals surface area contributed by atoms with Gasteiger partial charge in [-0.05, 0) is 130 Å². The van der Waals surface area contributed by atoms with Gasteiger partial charge in [0.2, 0.25) is 0 Å². The summed E-state index contributed by atoms with van der Waals surface area (Å²) in [7, 11) is 0. The van der Waals surface area contributed by atoms with E-state index >= 15 is 4.79 Å². The molecule has 11 heteroatoms. The number of unbranched alkanes of at least 4 members (excludes halogenated alkanes) is 3. The normalized spacial score (nSPS) is 44.8. The SMILES string of the molecule is CCCCCCC1COC(C(O)C(C)(O)C2CCC3(O)C4=C(NCC(C)O)C(=O)C5CC(O)C(O)CC56CC(C5=CNC(N)C=C5)C=CC(CC23C2CCCCC2)C46)C1C. The number of hydrogen-bond acceptors (Lipinski definition) is 11. The molecule has 0 bridgehead atoms. The number of Topliss-reactive ketones (excluding diaryl/α,β-unsaturated/α-hetero) is 1. The van der Waals surface area contributed by atoms with E-state index in [1.807, 2.05) is 18.4 Å². The average molecular weight is 836 g/mol. The number of aliphatic hydroxyl groups is 6. The van der Waals surface area contributed by atoms with Crippen LogP contribution in [0, 0.1) is 58.2 Å². The lowest BCUT2D eigenvalue weighted by Gasteiger charge is -2.66. The van der Waals surface area contributed by atoms with Gasteiger partial charge in [0.15, 0.2) is 5.78 Å². The molecule has 10 N–H and O–H groups in total. The number of hydrogen-bond donors (Lipinski definition) is 9. The zero-order valence-corrected chi connectivity index (χ0v) is 36.8. The molecule has 0 amide bonds. The molecular formula is C49H77N3O8. The van der Waals surface area contributed by atoms with Crippen LogP contribution >= 0.6 is 0 Å². The minimum Gasteiger partial charge on any atom is -0.392 e. The van der Waals surface area contributed by atoms with Crippen molar-refractivity contribution in [3.05, 3.63) is 47.3 Å². The van der Waals surface area contributed by atoms with E-state index in [4.69, 9.17) is 10.5 Å². The van der Waals surface area contributed by atoms with E-state index in [1.54, 1.807) is 13.8 Å². The summed E-state index contributed by atoms with van der Waals surface area (Å²) in [5, 5.41) is 80.3. The Morgan fingerprint density at radius 1 is 1.03 bits per heavy atom. The van der Waals surface area contributed by atoms with Crippen LogP contribution in [0.3, 0.4) is 0 Å². The first-order valence-electron chi connectivity index (χ1n) is 24.0. The molecule has 4 saturated carbocycles. The number of dihydropyridines is 1. The third kappa shape index (κ3) is 7.21. The molecule has 8 rings (SSSR count). The number of aliphatic hydroxyl groups excluding tert-OH is 4. The van der Waals surface area contributed by atoms with Crippen LogP contribution in [0.4, 0.5) is 0 Å². The Hall–Kier alpha value is -2.09. The maximum absolute atomic E-state index is 15.5. The smallest absolute Gasteiger partial charge is 0.182 e. The molecule has 1 saturated heterocycles. The highest BCUT2D eigenvalue weighted by molar-refractivity contribution is 6.00. The molecule has 1 spiro atoms. The number of allylic oxidation sites excluding steroid dienone is 5. The summed E-state index contributed by atoms with van der Waals surface area (Å²) in [4.78, 5) is 15.5. The Balaban J connectivity index is 1.28. The predicted octanol–water partition coefficient (Wildman–Crippen LogP) is 4.89. The van der Waals surface area contributed by atoms with Gasteiger partial charge in [-0.25, -0.2) is 0 Å². The van der Waals surface area contributed by atoms with Crippen molar-refractivity contribution in [2.45, 2.75) is 178 Å². The topological polar surface area (TPSA) is 198 Å². The van der Waals surface area contributed by atoms with Gasteiger partial charge in [-0.2, -0.15) is 0 Å². The van der Waals surface area contributed by atoms with E-state index in [2.05, 4.69) is 36.6 Å². The highest BCUT2D eigenvalue weighted by Crippen LogP contribution is 2.75. The molecule has 60 heavy (non-hydrogen) atoms. The Morgan fingerprint density at radius 3 is 2.50 bits per heavy atom. The van der Waals surface area contributed by atoms with Crippen LogP contribution in [-0.4, -0.2) is 97.5 Å². The molecule has 0 aromatic rings. The van der Waals surface area contributed by atoms with Crippen LogP contribution < -0.4 is 16.4 Å². The monoisotopic (exact) mass is 836 g/mol. The summed E-state index contributed by atoms with van der Waals surface area (Å²) in [6.07, 6.45) is 18.4. The number of rotatable bonds is 13. The Morgan fingerprint density at radius 2 is 1.80 bits per heavy atom. The Labute approximate surface area is 358 Å². The molecule has 0 aromatic carbocycles. The van der Waals surface area contributed by atoms with Gasteiger partial charge >= 0.3 is 0 Å². The molecule has 6 aliphatic carbocycles. The van der Waals surface area contributed by atoms with E-state index in [0.717, 1.165) is 50.5 Å². The fourth-order valence-electron chi connectivity index (χ4n) is 15.0. The van der Waals surface area contributed by atoms with Crippen molar-refractivity contribution in [3.8, 4) is 0 Å². The van der Waals surface area contributed by atoms with E-state index in [-0.39, 0.29) is 60.9 Å². The number of ketones is 1. The van der Waals surface area contributed by atoms with Crippen molar-refractivity contribution in [2.75, 3.05) is 13.2 Å². The quantitative estimate of drug-likeness (QED) is 0.0905. The van der Waals surface area contributed by atoms with Crippen molar-refractivity contribution in [2.24, 2.45) is 63.9 Å². The fourth-order valence-corrected chi connectivity index (χ4v) is 15.0. The van der Waals surface area contributed by atoms with Gasteiger partial charge in [0, 0.05) is 30.0 Å². The number of fused-ring (bicyclic) bond motifs is 2. The predicted molar refractivity (Wildman–Crippen MR) is 231 cm³/mol. The maximum Gasteiger partial charge on any atom is 0.182 e. The summed E-state index contributed by atoms with van der Waals surface area (Å²) < 4.78 is 6.45. The van der Waals surface area contributed by atoms with E-state index in [9.17, 15) is 30.6 Å². The largest absolute Gasteiger partial charge is 0.392 e. The van der Waals surface area contributed by atoms with E-state index in [0.29, 0.717) is 49.5 Å². The minimum absolute atomic E-state index is 0.0202. The maximum atomic E-state index is 15.5. The van der Waals surface area contributed by atoms with Crippen LogP contribution in [-0.2, 0) is 9.53 Å². The third-order valence-electron chi connectivity index (χ3n) is 17.9. The molecule has 2 heterocycles. The lowest BCUT2D eigenvalue weighted by Crippen LogP contribution is -2.69. The standard InChI is InChI=1S/C49H77N3O8/c1-5-6-7-9-12-33-27-60-44(29(33)3)45(57)46(4,58)38-19-20-49(59)41-40-31(23-48(38,49)34-13-10-8-11-14-34)16-15-30(32-17-18-39(50)51-26-32)22-47(40)24-37(55)36(54)21-35(47)43(56)42(41)52-25-28(2)53/h15-18,26,28-31,33-40,44-45,51-55,57-59H,5-14,19-25,27,50H2,1-4H3. The zero-order valence-electron chi connectivity index (χ0n) is 36.8. The first-order valence-corrected chi connectivity index (χ1v) is 24.0. The summed E-state index contributed by atoms with van der Waals surface area (Å²) in [6, 6.07) is 0. The first kappa shape index (κ1) is 44.5. The van der Waals surface area contributed by atoms with Gasteiger partial charge < -0.3 is 51.7 Å². The first-order chi connectivity index (χ1) is 28.6. The molecule has 17 atom stereocenters. The summed E-state index contributed by atoms with van der Waals surface area (Å²) >= 11 is 0. The molecule has 2 aliphatic heterocycles. The van der Waals surface area contributed by atoms with Crippen LogP contribution in [0.1, 0.15) is 130 Å². The van der Waals surface area contributed by atoms with Crippen molar-refractivity contribution in [3.63, 3.8) is 0 Å². The van der Waals surface area contributed by atoms with Gasteiger partial charge in [-0.1, -0.05) is 77.0 Å². The highest BCUT2D eigenvalue weighted by atomic mass is 16.5. The van der Waals surface area contributed by atoms with Crippen molar-refractivity contribution >= 4 is 5.78 Å². The van der Waals surface area contributed by atoms with Crippen LogP contribution in [0.2, 0.25) is 0 Å². The molecule has 0 radical (unpaired) electrons. The van der Waals surface area contributed by atoms with Gasteiger partial charge in [-0.3, -0.25) is 4.79 Å². The summed E-state index contributed by atoms with van der Waals surface area (Å²) in [5.74, 6) is -1.60. The fraction of sp³-hybridized carbons (Fsp3) is 0.816. The van der Waals surface area contributed by atoms with Gasteiger partial charge in [0.05, 0.1) is 54.1 Å². The molecule has 11 nitrogen and oxygen atoms in total. The van der Waals surface area contributed by atoms with Gasteiger partial charge in [-0.15, -0.1) is 0 Å². The minimum atomic E-state index is -1.62. The number of nitrogens with two attached hydrogens (primary N) is 1. The second kappa shape index (κ2) is 17.1. The average Bonchev–Trinajstić information content (AvgIpc) is 3.70. The second-order valence-electron chi connectivity index (χ2n) is 21.2. The lowest BCUT2D eigenvalue weighted by molar-refractivity contribution is -0.223. The lowest BCUT2D eigenvalue weighted by atomic mass is 9.39. The van der Waals surface area contributed by atoms with Gasteiger partial charge in [0.1, 0.15) is 6.10 Å². The molecule has 5 fully saturated rings. The third-order valence-corrected chi connectivity index (χ3v) is 17.9. The molecule has 336 valence electrons. The van der Waals surface area contributed by atoms with Gasteiger partial charge in [0.25, 0.3) is 0 Å². The zero-order chi connectivity index (χ0) is 42.8. The number of ether oxygens (including phenoxy) is 1. The Kier molecular flexibility index (Phi) is 12.7. The van der Waals surface area contributed by atoms with Crippen molar-refractivity contribution in [1.29, 1.82) is 0 Å². The molecule has 8 aliphatic rings. The second-order valence-corrected chi connectivity index (χ2v) is 21.2. The molecule has 0 aromatic heterocycles. The number of carbonyl (C=O) groups excluding carboxylic acids is 1.